The predicted molar refractivity (Wildman–Crippen MR) is 80.5 cm³/mol. The van der Waals surface area contributed by atoms with Crippen LogP contribution < -0.4 is 10.1 Å². The molecule has 0 spiro atoms. The lowest BCUT2D eigenvalue weighted by atomic mass is 9.90. The molecule has 19 heavy (non-hydrogen) atoms. The molecule has 1 fully saturated rings. The van der Waals surface area contributed by atoms with Crippen LogP contribution in [0, 0.1) is 5.92 Å². The Bertz CT molecular complexity index is 341. The van der Waals surface area contributed by atoms with Crippen LogP contribution >= 0.6 is 0 Å². The van der Waals surface area contributed by atoms with Crippen LogP contribution in [-0.4, -0.2) is 13.2 Å². The second-order valence-corrected chi connectivity index (χ2v) is 5.64. The molecule has 1 saturated carbocycles. The van der Waals surface area contributed by atoms with Crippen LogP contribution in [0.25, 0.3) is 0 Å². The van der Waals surface area contributed by atoms with Gasteiger partial charge in [-0.15, -0.1) is 0 Å². The maximum Gasteiger partial charge on any atom is 0.119 e. The molecule has 1 N–H and O–H groups in total. The fraction of sp³-hybridized carbons (Fsp3) is 0.647. The van der Waals surface area contributed by atoms with Crippen molar-refractivity contribution < 1.29 is 4.74 Å². The van der Waals surface area contributed by atoms with Crippen LogP contribution in [0.15, 0.2) is 24.3 Å². The molecule has 2 heteroatoms. The van der Waals surface area contributed by atoms with Crippen molar-refractivity contribution in [1.82, 2.24) is 5.32 Å². The first-order valence-electron chi connectivity index (χ1n) is 7.81. The Kier molecular flexibility index (Phi) is 6.22. The number of hydrogen-bond donors (Lipinski definition) is 1. The monoisotopic (exact) mass is 261 g/mol. The van der Waals surface area contributed by atoms with Crippen LogP contribution in [0.5, 0.6) is 5.75 Å². The Balaban J connectivity index is 1.71. The SMILES string of the molecule is CCCNCc1ccc(OCC2CCCCC2)cc1. The maximum absolute atomic E-state index is 5.91. The van der Waals surface area contributed by atoms with E-state index < -0.39 is 0 Å². The number of ether oxygens (including phenoxy) is 1. The minimum Gasteiger partial charge on any atom is -0.493 e. The van der Waals surface area contributed by atoms with Gasteiger partial charge in [-0.3, -0.25) is 0 Å². The van der Waals surface area contributed by atoms with Crippen LogP contribution in [-0.2, 0) is 6.54 Å². The Hall–Kier alpha value is -1.02. The summed E-state index contributed by atoms with van der Waals surface area (Å²) in [5, 5.41) is 3.41. The molecule has 0 amide bonds. The lowest BCUT2D eigenvalue weighted by Gasteiger charge is -2.21. The van der Waals surface area contributed by atoms with Crippen molar-refractivity contribution in [3.63, 3.8) is 0 Å². The average Bonchev–Trinajstić information content (AvgIpc) is 2.48. The van der Waals surface area contributed by atoms with Gasteiger partial charge in [-0.05, 0) is 49.4 Å². The zero-order valence-corrected chi connectivity index (χ0v) is 12.2. The first-order valence-corrected chi connectivity index (χ1v) is 7.81. The summed E-state index contributed by atoms with van der Waals surface area (Å²) in [5.41, 5.74) is 1.33. The minimum absolute atomic E-state index is 0.777. The number of nitrogens with one attached hydrogen (secondary N) is 1. The highest BCUT2D eigenvalue weighted by molar-refractivity contribution is 5.27. The molecule has 2 rings (SSSR count). The van der Waals surface area contributed by atoms with Gasteiger partial charge in [0.1, 0.15) is 5.75 Å². The van der Waals surface area contributed by atoms with E-state index in [2.05, 4.69) is 36.5 Å². The van der Waals surface area contributed by atoms with Crippen molar-refractivity contribution in [2.24, 2.45) is 5.92 Å². The molecule has 2 nitrogen and oxygen atoms in total. The third-order valence-corrected chi connectivity index (χ3v) is 3.89. The van der Waals surface area contributed by atoms with E-state index in [9.17, 15) is 0 Å². The van der Waals surface area contributed by atoms with Gasteiger partial charge in [-0.25, -0.2) is 0 Å². The lowest BCUT2D eigenvalue weighted by molar-refractivity contribution is 0.209. The van der Waals surface area contributed by atoms with E-state index >= 15 is 0 Å². The Morgan fingerprint density at radius 3 is 2.53 bits per heavy atom. The van der Waals surface area contributed by atoms with Gasteiger partial charge >= 0.3 is 0 Å². The summed E-state index contributed by atoms with van der Waals surface area (Å²) in [6.45, 7) is 5.12. The van der Waals surface area contributed by atoms with E-state index in [-0.39, 0.29) is 0 Å². The van der Waals surface area contributed by atoms with Crippen molar-refractivity contribution in [3.8, 4) is 5.75 Å². The third-order valence-electron chi connectivity index (χ3n) is 3.89. The summed E-state index contributed by atoms with van der Waals surface area (Å²) in [6, 6.07) is 8.54. The third kappa shape index (κ3) is 5.23. The van der Waals surface area contributed by atoms with Gasteiger partial charge in [0.05, 0.1) is 6.61 Å². The predicted octanol–water partition coefficient (Wildman–Crippen LogP) is 4.15. The molecule has 1 aliphatic carbocycles. The van der Waals surface area contributed by atoms with Gasteiger partial charge in [-0.1, -0.05) is 38.3 Å². The van der Waals surface area contributed by atoms with E-state index in [0.29, 0.717) is 0 Å². The topological polar surface area (TPSA) is 21.3 Å². The largest absolute Gasteiger partial charge is 0.493 e. The zero-order valence-electron chi connectivity index (χ0n) is 12.2. The highest BCUT2D eigenvalue weighted by Gasteiger charge is 2.13. The van der Waals surface area contributed by atoms with Gasteiger partial charge < -0.3 is 10.1 Å². The van der Waals surface area contributed by atoms with Crippen LogP contribution in [0.3, 0.4) is 0 Å². The normalized spacial score (nSPS) is 16.5. The quantitative estimate of drug-likeness (QED) is 0.745. The summed E-state index contributed by atoms with van der Waals surface area (Å²) in [7, 11) is 0. The van der Waals surface area contributed by atoms with Crippen LogP contribution in [0.1, 0.15) is 51.0 Å². The standard InChI is InChI=1S/C17H27NO/c1-2-12-18-13-15-8-10-17(11-9-15)19-14-16-6-4-3-5-7-16/h8-11,16,18H,2-7,12-14H2,1H3. The summed E-state index contributed by atoms with van der Waals surface area (Å²) in [6.07, 6.45) is 8.06. The smallest absolute Gasteiger partial charge is 0.119 e. The molecule has 0 aromatic heterocycles. The molecule has 1 aliphatic rings. The molecule has 1 aromatic rings. The highest BCUT2D eigenvalue weighted by atomic mass is 16.5. The number of hydrogen-bond acceptors (Lipinski definition) is 2. The number of rotatable bonds is 7. The van der Waals surface area contributed by atoms with Gasteiger partial charge in [0.15, 0.2) is 0 Å². The van der Waals surface area contributed by atoms with E-state index in [4.69, 9.17) is 4.74 Å². The fourth-order valence-electron chi connectivity index (χ4n) is 2.68. The van der Waals surface area contributed by atoms with Crippen LogP contribution in [0.2, 0.25) is 0 Å². The summed E-state index contributed by atoms with van der Waals surface area (Å²) < 4.78 is 5.91. The molecular weight excluding hydrogens is 234 g/mol. The van der Waals surface area contributed by atoms with Crippen molar-refractivity contribution in [3.05, 3.63) is 29.8 Å². The van der Waals surface area contributed by atoms with E-state index in [1.54, 1.807) is 0 Å². The average molecular weight is 261 g/mol. The fourth-order valence-corrected chi connectivity index (χ4v) is 2.68. The van der Waals surface area contributed by atoms with Crippen LogP contribution in [0.4, 0.5) is 0 Å². The van der Waals surface area contributed by atoms with Gasteiger partial charge in [0.25, 0.3) is 0 Å². The summed E-state index contributed by atoms with van der Waals surface area (Å²) >= 11 is 0. The van der Waals surface area contributed by atoms with Crippen molar-refractivity contribution in [2.75, 3.05) is 13.2 Å². The zero-order chi connectivity index (χ0) is 13.3. The first-order chi connectivity index (χ1) is 9.38. The minimum atomic E-state index is 0.777. The second-order valence-electron chi connectivity index (χ2n) is 5.64. The molecule has 0 aliphatic heterocycles. The molecule has 0 heterocycles. The van der Waals surface area contributed by atoms with E-state index in [1.807, 2.05) is 0 Å². The van der Waals surface area contributed by atoms with Gasteiger partial charge in [-0.2, -0.15) is 0 Å². The van der Waals surface area contributed by atoms with Crippen molar-refractivity contribution >= 4 is 0 Å². The Morgan fingerprint density at radius 2 is 1.84 bits per heavy atom. The molecule has 0 unspecified atom stereocenters. The molecule has 0 saturated heterocycles. The first kappa shape index (κ1) is 14.4. The highest BCUT2D eigenvalue weighted by Crippen LogP contribution is 2.24. The summed E-state index contributed by atoms with van der Waals surface area (Å²) in [5.74, 6) is 1.80. The lowest BCUT2D eigenvalue weighted by Crippen LogP contribution is -2.15. The summed E-state index contributed by atoms with van der Waals surface area (Å²) in [4.78, 5) is 0. The second kappa shape index (κ2) is 8.21. The molecule has 1 aromatic carbocycles. The van der Waals surface area contributed by atoms with Crippen molar-refractivity contribution in [1.29, 1.82) is 0 Å². The molecule has 106 valence electrons. The maximum atomic E-state index is 5.91. The van der Waals surface area contributed by atoms with Crippen molar-refractivity contribution in [2.45, 2.75) is 52.0 Å². The van der Waals surface area contributed by atoms with Gasteiger partial charge in [0.2, 0.25) is 0 Å². The van der Waals surface area contributed by atoms with Gasteiger partial charge in [0, 0.05) is 6.54 Å². The molecular formula is C17H27NO. The molecule has 0 atom stereocenters. The molecule has 0 bridgehead atoms. The molecule has 0 radical (unpaired) electrons. The Morgan fingerprint density at radius 1 is 1.11 bits per heavy atom. The Labute approximate surface area is 117 Å². The van der Waals surface area contributed by atoms with E-state index in [1.165, 1.54) is 44.1 Å². The van der Waals surface area contributed by atoms with E-state index in [0.717, 1.165) is 31.4 Å². The number of benzene rings is 1.